The largest absolute Gasteiger partial charge is 0.497 e. The van der Waals surface area contributed by atoms with Crippen molar-refractivity contribution in [1.82, 2.24) is 0 Å². The topological polar surface area (TPSA) is 38.5 Å². The Hall–Kier alpha value is -1.42. The van der Waals surface area contributed by atoms with E-state index in [1.807, 2.05) is 43.4 Å². The van der Waals surface area contributed by atoms with Crippen molar-refractivity contribution in [3.05, 3.63) is 58.1 Å². The molecule has 0 aliphatic rings. The van der Waals surface area contributed by atoms with E-state index in [9.17, 15) is 0 Å². The average molecular weight is 325 g/mol. The average Bonchev–Trinajstić information content (AvgIpc) is 2.50. The molecule has 0 aromatic heterocycles. The second-order valence-corrected chi connectivity index (χ2v) is 5.57. The molecule has 0 saturated heterocycles. The summed E-state index contributed by atoms with van der Waals surface area (Å²) in [4.78, 5) is 2.09. The predicted octanol–water partition coefficient (Wildman–Crippen LogP) is 4.14. The number of likely N-dealkylation sites (N-methyl/N-ethyl adjacent to an activating group) is 1. The highest BCUT2D eigenvalue weighted by molar-refractivity contribution is 6.35. The third-order valence-corrected chi connectivity index (χ3v) is 4.05. The SMILES string of the molecule is COc1ccc(N(C)C(CN)c2ccc(Cl)cc2Cl)cc1. The highest BCUT2D eigenvalue weighted by atomic mass is 35.5. The van der Waals surface area contributed by atoms with Crippen LogP contribution in [0, 0.1) is 0 Å². The van der Waals surface area contributed by atoms with Crippen LogP contribution in [0.4, 0.5) is 5.69 Å². The maximum atomic E-state index is 6.30. The zero-order chi connectivity index (χ0) is 15.4. The molecule has 21 heavy (non-hydrogen) atoms. The van der Waals surface area contributed by atoms with Gasteiger partial charge in [-0.2, -0.15) is 0 Å². The van der Waals surface area contributed by atoms with Crippen molar-refractivity contribution in [1.29, 1.82) is 0 Å². The molecule has 0 radical (unpaired) electrons. The van der Waals surface area contributed by atoms with Crippen LogP contribution in [0.3, 0.4) is 0 Å². The van der Waals surface area contributed by atoms with Crippen LogP contribution < -0.4 is 15.4 Å². The summed E-state index contributed by atoms with van der Waals surface area (Å²) >= 11 is 12.2. The number of hydrogen-bond donors (Lipinski definition) is 1. The van der Waals surface area contributed by atoms with Crippen LogP contribution in [-0.2, 0) is 0 Å². The van der Waals surface area contributed by atoms with Gasteiger partial charge in [0.25, 0.3) is 0 Å². The minimum atomic E-state index is -0.0249. The summed E-state index contributed by atoms with van der Waals surface area (Å²) < 4.78 is 5.17. The first-order valence-electron chi connectivity index (χ1n) is 6.58. The van der Waals surface area contributed by atoms with Gasteiger partial charge in [0.15, 0.2) is 0 Å². The number of methoxy groups -OCH3 is 1. The van der Waals surface area contributed by atoms with Gasteiger partial charge in [-0.25, -0.2) is 0 Å². The highest BCUT2D eigenvalue weighted by Gasteiger charge is 2.19. The Morgan fingerprint density at radius 3 is 2.33 bits per heavy atom. The molecule has 0 amide bonds. The van der Waals surface area contributed by atoms with Gasteiger partial charge in [0.1, 0.15) is 5.75 Å². The predicted molar refractivity (Wildman–Crippen MR) is 89.7 cm³/mol. The van der Waals surface area contributed by atoms with Gasteiger partial charge in [0.05, 0.1) is 13.2 Å². The molecule has 112 valence electrons. The molecule has 2 aromatic carbocycles. The summed E-state index contributed by atoms with van der Waals surface area (Å²) in [6.45, 7) is 0.448. The molecule has 0 saturated carbocycles. The van der Waals surface area contributed by atoms with Crippen molar-refractivity contribution in [2.24, 2.45) is 5.73 Å². The van der Waals surface area contributed by atoms with E-state index in [0.29, 0.717) is 16.6 Å². The van der Waals surface area contributed by atoms with Crippen LogP contribution in [0.15, 0.2) is 42.5 Å². The van der Waals surface area contributed by atoms with E-state index in [1.165, 1.54) is 0 Å². The van der Waals surface area contributed by atoms with Crippen molar-refractivity contribution in [2.75, 3.05) is 25.6 Å². The van der Waals surface area contributed by atoms with Crippen molar-refractivity contribution in [3.8, 4) is 5.75 Å². The smallest absolute Gasteiger partial charge is 0.119 e. The first-order valence-corrected chi connectivity index (χ1v) is 7.34. The molecule has 1 unspecified atom stereocenters. The van der Waals surface area contributed by atoms with Crippen molar-refractivity contribution in [2.45, 2.75) is 6.04 Å². The number of halogens is 2. The molecule has 2 N–H and O–H groups in total. The molecule has 0 aliphatic carbocycles. The monoisotopic (exact) mass is 324 g/mol. The van der Waals surface area contributed by atoms with Gasteiger partial charge in [-0.05, 0) is 42.0 Å². The Kier molecular flexibility index (Phi) is 5.34. The Labute approximate surface area is 135 Å². The fraction of sp³-hybridized carbons (Fsp3) is 0.250. The van der Waals surface area contributed by atoms with Gasteiger partial charge in [-0.3, -0.25) is 0 Å². The summed E-state index contributed by atoms with van der Waals surface area (Å²) in [6.07, 6.45) is 0. The van der Waals surface area contributed by atoms with Gasteiger partial charge >= 0.3 is 0 Å². The molecule has 0 aliphatic heterocycles. The van der Waals surface area contributed by atoms with Crippen molar-refractivity contribution in [3.63, 3.8) is 0 Å². The zero-order valence-corrected chi connectivity index (χ0v) is 13.5. The summed E-state index contributed by atoms with van der Waals surface area (Å²) in [5.74, 6) is 0.820. The molecular weight excluding hydrogens is 307 g/mol. The number of anilines is 1. The lowest BCUT2D eigenvalue weighted by molar-refractivity contribution is 0.415. The normalized spacial score (nSPS) is 12.0. The fourth-order valence-electron chi connectivity index (χ4n) is 2.26. The molecule has 0 fully saturated rings. The quantitative estimate of drug-likeness (QED) is 0.898. The summed E-state index contributed by atoms with van der Waals surface area (Å²) in [6, 6.07) is 13.3. The number of benzene rings is 2. The molecule has 3 nitrogen and oxygen atoms in total. The first kappa shape index (κ1) is 16.0. The number of hydrogen-bond acceptors (Lipinski definition) is 3. The maximum absolute atomic E-state index is 6.30. The lowest BCUT2D eigenvalue weighted by Crippen LogP contribution is -2.30. The Bertz CT molecular complexity index is 602. The maximum Gasteiger partial charge on any atom is 0.119 e. The fourth-order valence-corrected chi connectivity index (χ4v) is 2.80. The van der Waals surface area contributed by atoms with E-state index in [1.54, 1.807) is 13.2 Å². The summed E-state index contributed by atoms with van der Waals surface area (Å²) in [7, 11) is 3.64. The Morgan fingerprint density at radius 2 is 1.81 bits per heavy atom. The van der Waals surface area contributed by atoms with Crippen LogP contribution in [-0.4, -0.2) is 20.7 Å². The van der Waals surface area contributed by atoms with Crippen molar-refractivity contribution >= 4 is 28.9 Å². The van der Waals surface area contributed by atoms with Crippen molar-refractivity contribution < 1.29 is 4.74 Å². The van der Waals surface area contributed by atoms with Crippen LogP contribution in [0.25, 0.3) is 0 Å². The standard InChI is InChI=1S/C16H18Cl2N2O/c1-20(12-4-6-13(21-2)7-5-12)16(10-19)14-8-3-11(17)9-15(14)18/h3-9,16H,10,19H2,1-2H3. The molecule has 5 heteroatoms. The van der Waals surface area contributed by atoms with E-state index >= 15 is 0 Å². The second-order valence-electron chi connectivity index (χ2n) is 4.73. The van der Waals surface area contributed by atoms with Crippen LogP contribution in [0.1, 0.15) is 11.6 Å². The van der Waals surface area contributed by atoms with Crippen LogP contribution in [0.5, 0.6) is 5.75 Å². The molecule has 2 rings (SSSR count). The Morgan fingerprint density at radius 1 is 1.14 bits per heavy atom. The number of rotatable bonds is 5. The van der Waals surface area contributed by atoms with Crippen LogP contribution in [0.2, 0.25) is 10.0 Å². The summed E-state index contributed by atoms with van der Waals surface area (Å²) in [5.41, 5.74) is 7.95. The molecule has 0 bridgehead atoms. The van der Waals surface area contributed by atoms with Gasteiger partial charge < -0.3 is 15.4 Å². The van der Waals surface area contributed by atoms with E-state index in [4.69, 9.17) is 33.7 Å². The molecule has 1 atom stereocenters. The minimum absolute atomic E-state index is 0.0249. The molecular formula is C16H18Cl2N2O. The van der Waals surface area contributed by atoms with Crippen LogP contribution >= 0.6 is 23.2 Å². The first-order chi connectivity index (χ1) is 10.1. The molecule has 0 heterocycles. The summed E-state index contributed by atoms with van der Waals surface area (Å²) in [5, 5.41) is 1.24. The number of nitrogens with two attached hydrogens (primary N) is 1. The number of nitrogens with zero attached hydrogens (tertiary/aromatic N) is 1. The van der Waals surface area contributed by atoms with Gasteiger partial charge in [0, 0.05) is 29.3 Å². The van der Waals surface area contributed by atoms with Gasteiger partial charge in [-0.1, -0.05) is 29.3 Å². The highest BCUT2D eigenvalue weighted by Crippen LogP contribution is 2.32. The van der Waals surface area contributed by atoms with Gasteiger partial charge in [-0.15, -0.1) is 0 Å². The Balaban J connectivity index is 2.30. The van der Waals surface area contributed by atoms with E-state index in [-0.39, 0.29) is 6.04 Å². The van der Waals surface area contributed by atoms with E-state index in [0.717, 1.165) is 17.0 Å². The number of ether oxygens (including phenoxy) is 1. The van der Waals surface area contributed by atoms with Gasteiger partial charge in [0.2, 0.25) is 0 Å². The second kappa shape index (κ2) is 7.03. The minimum Gasteiger partial charge on any atom is -0.497 e. The van der Waals surface area contributed by atoms with E-state index < -0.39 is 0 Å². The molecule has 0 spiro atoms. The lowest BCUT2D eigenvalue weighted by atomic mass is 10.0. The third kappa shape index (κ3) is 3.62. The van der Waals surface area contributed by atoms with E-state index in [2.05, 4.69) is 4.90 Å². The molecule has 2 aromatic rings. The zero-order valence-electron chi connectivity index (χ0n) is 12.0. The lowest BCUT2D eigenvalue weighted by Gasteiger charge is -2.30. The third-order valence-electron chi connectivity index (χ3n) is 3.49.